The summed E-state index contributed by atoms with van der Waals surface area (Å²) in [6.45, 7) is -0.554. The van der Waals surface area contributed by atoms with Crippen molar-refractivity contribution in [3.63, 3.8) is 0 Å². The fourth-order valence-electron chi connectivity index (χ4n) is 5.22. The zero-order valence-electron chi connectivity index (χ0n) is 17.0. The van der Waals surface area contributed by atoms with Crippen LogP contribution in [0.4, 0.5) is 26.4 Å². The van der Waals surface area contributed by atoms with Gasteiger partial charge in [-0.3, -0.25) is 0 Å². The zero-order chi connectivity index (χ0) is 21.2. The van der Waals surface area contributed by atoms with Crippen LogP contribution in [-0.2, 0) is 4.74 Å². The van der Waals surface area contributed by atoms with Gasteiger partial charge in [0.15, 0.2) is 11.6 Å². The number of hydrogen-bond acceptors (Lipinski definition) is 8. The molecule has 0 radical (unpaired) electrons. The highest BCUT2D eigenvalue weighted by Crippen LogP contribution is 2.51. The van der Waals surface area contributed by atoms with Crippen molar-refractivity contribution in [2.75, 3.05) is 35.2 Å². The highest BCUT2D eigenvalue weighted by atomic mass is 19.3. The third kappa shape index (κ3) is 3.24. The van der Waals surface area contributed by atoms with E-state index in [0.717, 1.165) is 51.0 Å². The standard InChI is InChI=1S/C21H24F2N6O2/c22-19(23)31-16-6-12(9-25-18(16)24)15-8-17(28-10-14-7-13(28)11-30-14)27-20(26-15)29-5-1-2-21(29)3-4-21/h6,8-9,13-14,19H,1-5,7,10-11H2,(H2,24,25). The third-order valence-electron chi connectivity index (χ3n) is 6.95. The van der Waals surface area contributed by atoms with Gasteiger partial charge in [0.1, 0.15) is 5.82 Å². The summed E-state index contributed by atoms with van der Waals surface area (Å²) in [4.78, 5) is 18.4. The van der Waals surface area contributed by atoms with Crippen LogP contribution < -0.4 is 20.3 Å². The molecular formula is C21H24F2N6O2. The Kier molecular flexibility index (Phi) is 4.21. The number of nitrogens with zero attached hydrogens (tertiary/aromatic N) is 5. The molecule has 3 aliphatic heterocycles. The first kappa shape index (κ1) is 19.0. The molecule has 4 aliphatic rings. The van der Waals surface area contributed by atoms with Crippen molar-refractivity contribution < 1.29 is 18.3 Å². The summed E-state index contributed by atoms with van der Waals surface area (Å²) < 4.78 is 35.9. The topological polar surface area (TPSA) is 89.6 Å². The van der Waals surface area contributed by atoms with Crippen molar-refractivity contribution in [3.8, 4) is 17.0 Å². The van der Waals surface area contributed by atoms with E-state index in [-0.39, 0.29) is 23.2 Å². The average Bonchev–Trinajstić information content (AvgIpc) is 3.07. The number of alkyl halides is 2. The Bertz CT molecular complexity index is 1020. The lowest BCUT2D eigenvalue weighted by atomic mass is 10.1. The number of hydrogen-bond donors (Lipinski definition) is 1. The summed E-state index contributed by atoms with van der Waals surface area (Å²) in [6.07, 6.45) is 7.38. The van der Waals surface area contributed by atoms with Gasteiger partial charge in [-0.25, -0.2) is 9.97 Å². The molecule has 0 amide bonds. The van der Waals surface area contributed by atoms with Gasteiger partial charge >= 0.3 is 6.61 Å². The van der Waals surface area contributed by atoms with E-state index in [1.165, 1.54) is 6.07 Å². The van der Waals surface area contributed by atoms with Crippen molar-refractivity contribution in [1.82, 2.24) is 15.0 Å². The van der Waals surface area contributed by atoms with Crippen LogP contribution >= 0.6 is 0 Å². The number of fused-ring (bicyclic) bond motifs is 2. The first-order valence-electron chi connectivity index (χ1n) is 10.8. The minimum absolute atomic E-state index is 0.0796. The quantitative estimate of drug-likeness (QED) is 0.775. The predicted octanol–water partition coefficient (Wildman–Crippen LogP) is 2.83. The number of anilines is 3. The van der Waals surface area contributed by atoms with E-state index in [2.05, 4.69) is 19.5 Å². The van der Waals surface area contributed by atoms with Gasteiger partial charge in [-0.05, 0) is 38.2 Å². The number of morpholine rings is 1. The minimum atomic E-state index is -2.98. The Balaban J connectivity index is 1.43. The first-order valence-corrected chi connectivity index (χ1v) is 10.8. The summed E-state index contributed by atoms with van der Waals surface area (Å²) in [5.41, 5.74) is 7.11. The van der Waals surface area contributed by atoms with Gasteiger partial charge in [-0.2, -0.15) is 13.8 Å². The predicted molar refractivity (Wildman–Crippen MR) is 110 cm³/mol. The van der Waals surface area contributed by atoms with Gasteiger partial charge in [0.2, 0.25) is 5.95 Å². The molecule has 164 valence electrons. The van der Waals surface area contributed by atoms with Gasteiger partial charge in [-0.15, -0.1) is 0 Å². The number of ether oxygens (including phenoxy) is 2. The van der Waals surface area contributed by atoms with Crippen molar-refractivity contribution >= 4 is 17.6 Å². The number of rotatable bonds is 5. The monoisotopic (exact) mass is 430 g/mol. The Morgan fingerprint density at radius 2 is 2.10 bits per heavy atom. The molecule has 1 saturated carbocycles. The number of nitrogen functional groups attached to an aromatic ring is 1. The highest BCUT2D eigenvalue weighted by Gasteiger charge is 2.52. The lowest BCUT2D eigenvalue weighted by Gasteiger charge is -2.30. The van der Waals surface area contributed by atoms with E-state index in [1.807, 2.05) is 6.07 Å². The smallest absolute Gasteiger partial charge is 0.387 e. The number of aromatic nitrogens is 3. The summed E-state index contributed by atoms with van der Waals surface area (Å²) >= 11 is 0. The van der Waals surface area contributed by atoms with Crippen molar-refractivity contribution in [2.24, 2.45) is 0 Å². The molecule has 8 nitrogen and oxygen atoms in total. The Morgan fingerprint density at radius 1 is 1.23 bits per heavy atom. The molecular weight excluding hydrogens is 406 g/mol. The number of pyridine rings is 1. The molecule has 3 saturated heterocycles. The number of halogens is 2. The van der Waals surface area contributed by atoms with E-state index in [0.29, 0.717) is 29.9 Å². The lowest BCUT2D eigenvalue weighted by molar-refractivity contribution is -0.0494. The Morgan fingerprint density at radius 3 is 2.81 bits per heavy atom. The van der Waals surface area contributed by atoms with Crippen LogP contribution in [0.15, 0.2) is 18.3 Å². The summed E-state index contributed by atoms with van der Waals surface area (Å²) in [7, 11) is 0. The number of nitrogens with two attached hydrogens (primary N) is 1. The van der Waals surface area contributed by atoms with Crippen LogP contribution in [-0.4, -0.2) is 58.9 Å². The zero-order valence-corrected chi connectivity index (χ0v) is 17.0. The average molecular weight is 430 g/mol. The van der Waals surface area contributed by atoms with Crippen LogP contribution in [0, 0.1) is 0 Å². The fraction of sp³-hybridized carbons (Fsp3) is 0.571. The van der Waals surface area contributed by atoms with E-state index in [1.54, 1.807) is 6.20 Å². The second-order valence-electron chi connectivity index (χ2n) is 8.87. The van der Waals surface area contributed by atoms with Gasteiger partial charge in [0, 0.05) is 36.5 Å². The SMILES string of the molecule is Nc1ncc(-c2cc(N3CC4CC3CO4)nc(N3CCCC34CC4)n2)cc1OC(F)F. The second-order valence-corrected chi connectivity index (χ2v) is 8.87. The molecule has 2 unspecified atom stereocenters. The van der Waals surface area contributed by atoms with Gasteiger partial charge in [0.05, 0.1) is 24.4 Å². The molecule has 2 aromatic rings. The van der Waals surface area contributed by atoms with Gasteiger partial charge < -0.3 is 25.0 Å². The van der Waals surface area contributed by atoms with Crippen LogP contribution in [0.1, 0.15) is 32.1 Å². The van der Waals surface area contributed by atoms with Crippen molar-refractivity contribution in [2.45, 2.75) is 56.4 Å². The molecule has 10 heteroatoms. The van der Waals surface area contributed by atoms with E-state index >= 15 is 0 Å². The highest BCUT2D eigenvalue weighted by molar-refractivity contribution is 5.68. The molecule has 4 fully saturated rings. The van der Waals surface area contributed by atoms with E-state index < -0.39 is 6.61 Å². The largest absolute Gasteiger partial charge is 0.431 e. The summed E-state index contributed by atoms with van der Waals surface area (Å²) in [5, 5.41) is 0. The Hall–Kier alpha value is -2.75. The molecule has 2 N–H and O–H groups in total. The van der Waals surface area contributed by atoms with Gasteiger partial charge in [-0.1, -0.05) is 0 Å². The van der Waals surface area contributed by atoms with Crippen LogP contribution in [0.5, 0.6) is 5.75 Å². The molecule has 2 atom stereocenters. The van der Waals surface area contributed by atoms with E-state index in [4.69, 9.17) is 20.4 Å². The molecule has 1 spiro atoms. The van der Waals surface area contributed by atoms with Gasteiger partial charge in [0.25, 0.3) is 0 Å². The maximum atomic E-state index is 12.8. The summed E-state index contributed by atoms with van der Waals surface area (Å²) in [5.74, 6) is 1.30. The molecule has 5 heterocycles. The minimum Gasteiger partial charge on any atom is -0.431 e. The Labute approximate surface area is 178 Å². The van der Waals surface area contributed by atoms with Crippen LogP contribution in [0.25, 0.3) is 11.3 Å². The van der Waals surface area contributed by atoms with E-state index in [9.17, 15) is 8.78 Å². The molecule has 6 rings (SSSR count). The molecule has 1 aliphatic carbocycles. The molecule has 2 bridgehead atoms. The summed E-state index contributed by atoms with van der Waals surface area (Å²) in [6, 6.07) is 3.68. The van der Waals surface area contributed by atoms with Crippen molar-refractivity contribution in [3.05, 3.63) is 18.3 Å². The maximum Gasteiger partial charge on any atom is 0.387 e. The maximum absolute atomic E-state index is 12.8. The third-order valence-corrected chi connectivity index (χ3v) is 6.95. The van der Waals surface area contributed by atoms with Crippen LogP contribution in [0.3, 0.4) is 0 Å². The second kappa shape index (κ2) is 6.88. The molecule has 2 aromatic heterocycles. The van der Waals surface area contributed by atoms with Crippen LogP contribution in [0.2, 0.25) is 0 Å². The molecule has 0 aromatic carbocycles. The first-order chi connectivity index (χ1) is 15.0. The van der Waals surface area contributed by atoms with Crippen molar-refractivity contribution in [1.29, 1.82) is 0 Å². The molecule has 31 heavy (non-hydrogen) atoms. The lowest BCUT2D eigenvalue weighted by Crippen LogP contribution is -2.38. The fourth-order valence-corrected chi connectivity index (χ4v) is 5.22. The normalized spacial score (nSPS) is 25.8.